The van der Waals surface area contributed by atoms with E-state index in [1.807, 2.05) is 20.8 Å². The Morgan fingerprint density at radius 2 is 2.04 bits per heavy atom. The van der Waals surface area contributed by atoms with Crippen LogP contribution in [0.3, 0.4) is 0 Å². The Morgan fingerprint density at radius 3 is 2.62 bits per heavy atom. The smallest absolute Gasteiger partial charge is 0.243 e. The van der Waals surface area contributed by atoms with E-state index in [1.54, 1.807) is 11.3 Å². The van der Waals surface area contributed by atoms with Gasteiger partial charge in [0, 0.05) is 29.4 Å². The molecule has 2 aromatic heterocycles. The third-order valence-electron chi connectivity index (χ3n) is 4.96. The van der Waals surface area contributed by atoms with Gasteiger partial charge in [0.2, 0.25) is 5.91 Å². The molecule has 0 radical (unpaired) electrons. The van der Waals surface area contributed by atoms with Crippen LogP contribution in [-0.4, -0.2) is 45.9 Å². The van der Waals surface area contributed by atoms with Crippen molar-refractivity contribution in [3.05, 3.63) is 21.6 Å². The van der Waals surface area contributed by atoms with Gasteiger partial charge >= 0.3 is 0 Å². The summed E-state index contributed by atoms with van der Waals surface area (Å²) in [5, 5.41) is 10.3. The summed E-state index contributed by atoms with van der Waals surface area (Å²) in [6.07, 6.45) is 3.02. The van der Waals surface area contributed by atoms with Gasteiger partial charge in [-0.2, -0.15) is 0 Å². The summed E-state index contributed by atoms with van der Waals surface area (Å²) >= 11 is 3.21. The van der Waals surface area contributed by atoms with Crippen LogP contribution in [0.1, 0.15) is 43.0 Å². The van der Waals surface area contributed by atoms with Crippen molar-refractivity contribution in [2.24, 2.45) is 0 Å². The Morgan fingerprint density at radius 1 is 1.31 bits per heavy atom. The number of aromatic nitrogens is 2. The highest BCUT2D eigenvalue weighted by Crippen LogP contribution is 2.23. The molecule has 0 aliphatic carbocycles. The maximum absolute atomic E-state index is 12.5. The minimum atomic E-state index is -0.146. The van der Waals surface area contributed by atoms with Crippen molar-refractivity contribution in [3.8, 4) is 0 Å². The van der Waals surface area contributed by atoms with Crippen molar-refractivity contribution in [1.29, 1.82) is 0 Å². The molecule has 3 heterocycles. The number of likely N-dealkylation sites (tertiary alicyclic amines) is 1. The molecule has 2 aromatic rings. The number of aryl methyl sites for hydroxylation is 3. The first-order valence-corrected chi connectivity index (χ1v) is 10.9. The van der Waals surface area contributed by atoms with E-state index in [0.717, 1.165) is 53.7 Å². The Bertz CT molecular complexity index is 729. The lowest BCUT2D eigenvalue weighted by Gasteiger charge is -2.35. The highest BCUT2D eigenvalue weighted by atomic mass is 32.1. The monoisotopic (exact) mass is 393 g/mol. The first kappa shape index (κ1) is 19.3. The highest BCUT2D eigenvalue weighted by molar-refractivity contribution is 7.15. The van der Waals surface area contributed by atoms with E-state index in [0.29, 0.717) is 11.2 Å². The Kier molecular flexibility index (Phi) is 6.26. The van der Waals surface area contributed by atoms with E-state index in [1.165, 1.54) is 11.3 Å². The quantitative estimate of drug-likeness (QED) is 0.783. The number of nitrogens with one attached hydrogen (secondary N) is 2. The zero-order chi connectivity index (χ0) is 18.7. The van der Waals surface area contributed by atoms with Crippen molar-refractivity contribution in [2.75, 3.05) is 23.7 Å². The SMILES string of the molecule is CCc1csc(NC2CCN([C@@H](C)C(=O)Nc3nc(C)c(C)s3)CC2)n1. The number of carbonyl (C=O) groups is 1. The minimum absolute atomic E-state index is 0.0256. The number of hydrogen-bond donors (Lipinski definition) is 2. The second-order valence-electron chi connectivity index (χ2n) is 6.78. The van der Waals surface area contributed by atoms with Crippen LogP contribution in [0.5, 0.6) is 0 Å². The number of anilines is 2. The van der Waals surface area contributed by atoms with Gasteiger partial charge in [-0.1, -0.05) is 6.92 Å². The molecule has 3 rings (SSSR count). The van der Waals surface area contributed by atoms with Crippen molar-refractivity contribution in [2.45, 2.75) is 59.0 Å². The molecule has 1 fully saturated rings. The molecular weight excluding hydrogens is 366 g/mol. The number of rotatable bonds is 6. The lowest BCUT2D eigenvalue weighted by molar-refractivity contribution is -0.121. The van der Waals surface area contributed by atoms with Crippen LogP contribution in [0, 0.1) is 13.8 Å². The Hall–Kier alpha value is -1.51. The molecule has 1 atom stereocenters. The van der Waals surface area contributed by atoms with E-state index in [-0.39, 0.29) is 11.9 Å². The molecule has 1 aliphatic rings. The summed E-state index contributed by atoms with van der Waals surface area (Å²) in [5.74, 6) is 0.0256. The fourth-order valence-electron chi connectivity index (χ4n) is 3.04. The van der Waals surface area contributed by atoms with Gasteiger partial charge in [-0.25, -0.2) is 9.97 Å². The molecule has 1 saturated heterocycles. The lowest BCUT2D eigenvalue weighted by atomic mass is 10.0. The van der Waals surface area contributed by atoms with Gasteiger partial charge in [-0.05, 0) is 40.0 Å². The molecule has 1 aliphatic heterocycles. The van der Waals surface area contributed by atoms with Crippen LogP contribution in [0.15, 0.2) is 5.38 Å². The number of thiazole rings is 2. The number of carbonyl (C=O) groups excluding carboxylic acids is 1. The summed E-state index contributed by atoms with van der Waals surface area (Å²) in [6.45, 7) is 9.91. The Labute approximate surface area is 163 Å². The molecule has 6 nitrogen and oxygen atoms in total. The van der Waals surface area contributed by atoms with Gasteiger partial charge in [-0.15, -0.1) is 22.7 Å². The van der Waals surface area contributed by atoms with E-state index in [2.05, 4.69) is 37.8 Å². The maximum Gasteiger partial charge on any atom is 0.243 e. The fraction of sp³-hybridized carbons (Fsp3) is 0.611. The number of amides is 1. The number of piperidine rings is 1. The molecule has 0 aromatic carbocycles. The van der Waals surface area contributed by atoms with Crippen LogP contribution >= 0.6 is 22.7 Å². The number of nitrogens with zero attached hydrogens (tertiary/aromatic N) is 3. The minimum Gasteiger partial charge on any atom is -0.359 e. The van der Waals surface area contributed by atoms with Crippen LogP contribution in [0.25, 0.3) is 0 Å². The summed E-state index contributed by atoms with van der Waals surface area (Å²) in [5.41, 5.74) is 2.13. The third-order valence-corrected chi connectivity index (χ3v) is 6.77. The van der Waals surface area contributed by atoms with Crippen LogP contribution < -0.4 is 10.6 Å². The molecule has 8 heteroatoms. The van der Waals surface area contributed by atoms with Gasteiger partial charge in [0.1, 0.15) is 0 Å². The summed E-state index contributed by atoms with van der Waals surface area (Å²) < 4.78 is 0. The fourth-order valence-corrected chi connectivity index (χ4v) is 4.73. The van der Waals surface area contributed by atoms with Gasteiger partial charge in [-0.3, -0.25) is 9.69 Å². The van der Waals surface area contributed by atoms with Crippen molar-refractivity contribution in [3.63, 3.8) is 0 Å². The van der Waals surface area contributed by atoms with E-state index in [9.17, 15) is 4.79 Å². The average molecular weight is 394 g/mol. The van der Waals surface area contributed by atoms with Gasteiger partial charge in [0.15, 0.2) is 10.3 Å². The molecule has 0 spiro atoms. The van der Waals surface area contributed by atoms with E-state index in [4.69, 9.17) is 0 Å². The first-order chi connectivity index (χ1) is 12.5. The van der Waals surface area contributed by atoms with Crippen molar-refractivity contribution in [1.82, 2.24) is 14.9 Å². The predicted octanol–water partition coefficient (Wildman–Crippen LogP) is 3.68. The lowest BCUT2D eigenvalue weighted by Crippen LogP contribution is -2.48. The summed E-state index contributed by atoms with van der Waals surface area (Å²) in [6, 6.07) is 0.286. The zero-order valence-corrected chi connectivity index (χ0v) is 17.5. The molecule has 0 bridgehead atoms. The summed E-state index contributed by atoms with van der Waals surface area (Å²) in [7, 11) is 0. The standard InChI is InChI=1S/C18H27N5OS2/c1-5-14-10-25-17(20-14)21-15-6-8-23(9-7-15)12(3)16(24)22-18-19-11(2)13(4)26-18/h10,12,15H,5-9H2,1-4H3,(H,20,21)(H,19,22,24)/t12-/m0/s1. The molecule has 26 heavy (non-hydrogen) atoms. The second-order valence-corrected chi connectivity index (χ2v) is 8.84. The third kappa shape index (κ3) is 4.61. The van der Waals surface area contributed by atoms with Crippen molar-refractivity contribution < 1.29 is 4.79 Å². The number of hydrogen-bond acceptors (Lipinski definition) is 7. The summed E-state index contributed by atoms with van der Waals surface area (Å²) in [4.78, 5) is 24.9. The second kappa shape index (κ2) is 8.45. The predicted molar refractivity (Wildman–Crippen MR) is 109 cm³/mol. The largest absolute Gasteiger partial charge is 0.359 e. The first-order valence-electron chi connectivity index (χ1n) is 9.16. The topological polar surface area (TPSA) is 70.2 Å². The van der Waals surface area contributed by atoms with E-state index < -0.39 is 0 Å². The van der Waals surface area contributed by atoms with Crippen molar-refractivity contribution >= 4 is 38.8 Å². The molecular formula is C18H27N5OS2. The normalized spacial score (nSPS) is 17.2. The van der Waals surface area contributed by atoms with Gasteiger partial charge in [0.05, 0.1) is 17.4 Å². The molecule has 0 saturated carbocycles. The van der Waals surface area contributed by atoms with Crippen LogP contribution in [0.4, 0.5) is 10.3 Å². The Balaban J connectivity index is 1.48. The maximum atomic E-state index is 12.5. The highest BCUT2D eigenvalue weighted by Gasteiger charge is 2.27. The molecule has 0 unspecified atom stereocenters. The average Bonchev–Trinajstić information content (AvgIpc) is 3.21. The zero-order valence-electron chi connectivity index (χ0n) is 15.8. The molecule has 142 valence electrons. The van der Waals surface area contributed by atoms with Crippen LogP contribution in [-0.2, 0) is 11.2 Å². The molecule has 2 N–H and O–H groups in total. The van der Waals surface area contributed by atoms with Gasteiger partial charge < -0.3 is 10.6 Å². The molecule has 1 amide bonds. The van der Waals surface area contributed by atoms with Crippen LogP contribution in [0.2, 0.25) is 0 Å². The van der Waals surface area contributed by atoms with E-state index >= 15 is 0 Å². The van der Waals surface area contributed by atoms with Gasteiger partial charge in [0.25, 0.3) is 0 Å².